The van der Waals surface area contributed by atoms with Crippen LogP contribution in [-0.2, 0) is 10.0 Å². The van der Waals surface area contributed by atoms with Crippen LogP contribution >= 0.6 is 0 Å². The van der Waals surface area contributed by atoms with E-state index in [2.05, 4.69) is 0 Å². The molecule has 6 heteroatoms. The fourth-order valence-corrected chi connectivity index (χ4v) is 4.59. The van der Waals surface area contributed by atoms with E-state index in [0.29, 0.717) is 5.69 Å². The first-order valence-corrected chi connectivity index (χ1v) is 8.89. The maximum absolute atomic E-state index is 12.8. The van der Waals surface area contributed by atoms with Crippen molar-refractivity contribution in [2.24, 2.45) is 0 Å². The molecule has 2 rings (SSSR count). The van der Waals surface area contributed by atoms with Gasteiger partial charge in [0.25, 0.3) is 0 Å². The van der Waals surface area contributed by atoms with Crippen molar-refractivity contribution in [3.05, 3.63) is 23.8 Å². The Hall–Kier alpha value is -1.11. The Kier molecular flexibility index (Phi) is 5.24. The number of rotatable bonds is 5. The first-order valence-electron chi connectivity index (χ1n) is 7.45. The zero-order valence-electron chi connectivity index (χ0n) is 12.5. The van der Waals surface area contributed by atoms with Gasteiger partial charge in [0.15, 0.2) is 0 Å². The van der Waals surface area contributed by atoms with E-state index in [0.717, 1.165) is 37.7 Å². The molecule has 5 nitrogen and oxygen atoms in total. The van der Waals surface area contributed by atoms with Crippen molar-refractivity contribution in [1.82, 2.24) is 4.31 Å². The summed E-state index contributed by atoms with van der Waals surface area (Å²) < 4.78 is 27.1. The summed E-state index contributed by atoms with van der Waals surface area (Å²) in [5.74, 6) is 0. The predicted octanol–water partition coefficient (Wildman–Crippen LogP) is 1.89. The van der Waals surface area contributed by atoms with E-state index in [4.69, 9.17) is 5.73 Å². The van der Waals surface area contributed by atoms with Crippen molar-refractivity contribution >= 4 is 15.7 Å². The van der Waals surface area contributed by atoms with Crippen LogP contribution in [0.3, 0.4) is 0 Å². The number of nitrogen functional groups attached to an aromatic ring is 1. The molecule has 1 aromatic carbocycles. The Morgan fingerprint density at radius 2 is 1.95 bits per heavy atom. The third kappa shape index (κ3) is 3.56. The summed E-state index contributed by atoms with van der Waals surface area (Å²) in [5.41, 5.74) is 7.17. The molecule has 0 spiro atoms. The van der Waals surface area contributed by atoms with Crippen LogP contribution in [-0.4, -0.2) is 37.0 Å². The zero-order valence-corrected chi connectivity index (χ0v) is 13.3. The minimum Gasteiger partial charge on any atom is -0.398 e. The van der Waals surface area contributed by atoms with Crippen LogP contribution in [0.15, 0.2) is 23.1 Å². The molecule has 1 fully saturated rings. The Balaban J connectivity index is 2.34. The highest BCUT2D eigenvalue weighted by atomic mass is 32.2. The number of anilines is 1. The molecule has 0 radical (unpaired) electrons. The molecule has 0 aliphatic heterocycles. The van der Waals surface area contributed by atoms with Crippen molar-refractivity contribution < 1.29 is 13.5 Å². The smallest absolute Gasteiger partial charge is 0.243 e. The second-order valence-electron chi connectivity index (χ2n) is 5.65. The maximum atomic E-state index is 12.8. The van der Waals surface area contributed by atoms with Gasteiger partial charge in [0.05, 0.1) is 11.5 Å². The Morgan fingerprint density at radius 3 is 2.52 bits per heavy atom. The molecule has 21 heavy (non-hydrogen) atoms. The highest BCUT2D eigenvalue weighted by Crippen LogP contribution is 2.28. The van der Waals surface area contributed by atoms with Gasteiger partial charge in [-0.15, -0.1) is 0 Å². The number of nitrogens with two attached hydrogens (primary N) is 1. The first-order chi connectivity index (χ1) is 9.96. The maximum Gasteiger partial charge on any atom is 0.243 e. The van der Waals surface area contributed by atoms with Gasteiger partial charge >= 0.3 is 0 Å². The summed E-state index contributed by atoms with van der Waals surface area (Å²) in [6.45, 7) is 1.82. The Labute approximate surface area is 126 Å². The van der Waals surface area contributed by atoms with Crippen LogP contribution in [0.4, 0.5) is 5.69 Å². The zero-order chi connectivity index (χ0) is 15.5. The average Bonchev–Trinajstić information content (AvgIpc) is 2.48. The molecule has 1 aliphatic rings. The van der Waals surface area contributed by atoms with Gasteiger partial charge in [0.2, 0.25) is 10.0 Å². The quantitative estimate of drug-likeness (QED) is 0.813. The predicted molar refractivity (Wildman–Crippen MR) is 83.4 cm³/mol. The van der Waals surface area contributed by atoms with E-state index in [1.807, 2.05) is 6.92 Å². The van der Waals surface area contributed by atoms with E-state index in [1.165, 1.54) is 10.4 Å². The van der Waals surface area contributed by atoms with Crippen molar-refractivity contribution in [3.8, 4) is 0 Å². The lowest BCUT2D eigenvalue weighted by atomic mass is 9.95. The van der Waals surface area contributed by atoms with Gasteiger partial charge in [0.1, 0.15) is 0 Å². The second kappa shape index (κ2) is 6.77. The van der Waals surface area contributed by atoms with E-state index < -0.39 is 10.0 Å². The fraction of sp³-hybridized carbons (Fsp3) is 0.600. The third-order valence-electron chi connectivity index (χ3n) is 4.16. The van der Waals surface area contributed by atoms with Crippen molar-refractivity contribution in [2.45, 2.75) is 50.0 Å². The van der Waals surface area contributed by atoms with Crippen LogP contribution in [0.25, 0.3) is 0 Å². The molecular formula is C15H24N2O3S. The van der Waals surface area contributed by atoms with E-state index in [-0.39, 0.29) is 24.1 Å². The van der Waals surface area contributed by atoms with Crippen LogP contribution in [0, 0.1) is 6.92 Å². The number of sulfonamides is 1. The summed E-state index contributed by atoms with van der Waals surface area (Å²) in [4.78, 5) is 0.213. The summed E-state index contributed by atoms with van der Waals surface area (Å²) in [7, 11) is -3.61. The highest BCUT2D eigenvalue weighted by Gasteiger charge is 2.32. The van der Waals surface area contributed by atoms with Crippen LogP contribution in [0.1, 0.15) is 37.7 Å². The van der Waals surface area contributed by atoms with Gasteiger partial charge in [0, 0.05) is 18.3 Å². The normalized spacial score (nSPS) is 17.3. The number of hydrogen-bond donors (Lipinski definition) is 2. The average molecular weight is 312 g/mol. The molecule has 0 bridgehead atoms. The van der Waals surface area contributed by atoms with Crippen LogP contribution in [0.2, 0.25) is 0 Å². The minimum atomic E-state index is -3.61. The largest absolute Gasteiger partial charge is 0.398 e. The Morgan fingerprint density at radius 1 is 1.29 bits per heavy atom. The molecule has 118 valence electrons. The number of aryl methyl sites for hydroxylation is 1. The topological polar surface area (TPSA) is 83.6 Å². The van der Waals surface area contributed by atoms with Gasteiger partial charge < -0.3 is 10.8 Å². The second-order valence-corrected chi connectivity index (χ2v) is 7.54. The van der Waals surface area contributed by atoms with Gasteiger partial charge in [-0.3, -0.25) is 0 Å². The molecule has 0 amide bonds. The fourth-order valence-electron chi connectivity index (χ4n) is 2.88. The lowest BCUT2D eigenvalue weighted by Gasteiger charge is -2.33. The van der Waals surface area contributed by atoms with Crippen molar-refractivity contribution in [1.29, 1.82) is 0 Å². The molecule has 1 aliphatic carbocycles. The van der Waals surface area contributed by atoms with Crippen molar-refractivity contribution in [3.63, 3.8) is 0 Å². The van der Waals surface area contributed by atoms with Gasteiger partial charge in [-0.05, 0) is 37.5 Å². The van der Waals surface area contributed by atoms with Crippen molar-refractivity contribution in [2.75, 3.05) is 18.9 Å². The molecule has 0 aromatic heterocycles. The van der Waals surface area contributed by atoms with Crippen LogP contribution < -0.4 is 5.73 Å². The molecule has 3 N–H and O–H groups in total. The third-order valence-corrected chi connectivity index (χ3v) is 6.11. The number of hydrogen-bond acceptors (Lipinski definition) is 4. The standard InChI is InChI=1S/C15H24N2O3S/c1-12-7-8-14(11-15(12)16)21(19,20)17(9-10-18)13-5-3-2-4-6-13/h7-8,11,13,18H,2-6,9-10,16H2,1H3. The number of aliphatic hydroxyl groups is 1. The Bertz CT molecular complexity index is 581. The summed E-state index contributed by atoms with van der Waals surface area (Å²) in [6, 6.07) is 4.81. The molecule has 0 saturated heterocycles. The minimum absolute atomic E-state index is 0.0153. The van der Waals surface area contributed by atoms with Crippen LogP contribution in [0.5, 0.6) is 0 Å². The summed E-state index contributed by atoms with van der Waals surface area (Å²) in [6.07, 6.45) is 4.96. The monoisotopic (exact) mass is 312 g/mol. The molecule has 0 unspecified atom stereocenters. The molecule has 1 aromatic rings. The lowest BCUT2D eigenvalue weighted by molar-refractivity contribution is 0.199. The molecular weight excluding hydrogens is 288 g/mol. The first kappa shape index (κ1) is 16.3. The van der Waals surface area contributed by atoms with Gasteiger partial charge in [-0.25, -0.2) is 8.42 Å². The lowest BCUT2D eigenvalue weighted by Crippen LogP contribution is -2.43. The highest BCUT2D eigenvalue weighted by molar-refractivity contribution is 7.89. The SMILES string of the molecule is Cc1ccc(S(=O)(=O)N(CCO)C2CCCCC2)cc1N. The molecule has 0 atom stereocenters. The summed E-state index contributed by atoms with van der Waals surface area (Å²) >= 11 is 0. The number of aliphatic hydroxyl groups excluding tert-OH is 1. The van der Waals surface area contributed by atoms with E-state index >= 15 is 0 Å². The van der Waals surface area contributed by atoms with Gasteiger partial charge in [-0.2, -0.15) is 4.31 Å². The molecule has 0 heterocycles. The molecule has 1 saturated carbocycles. The van der Waals surface area contributed by atoms with E-state index in [1.54, 1.807) is 12.1 Å². The summed E-state index contributed by atoms with van der Waals surface area (Å²) in [5, 5.41) is 9.25. The number of nitrogens with zero attached hydrogens (tertiary/aromatic N) is 1. The van der Waals surface area contributed by atoms with Gasteiger partial charge in [-0.1, -0.05) is 25.3 Å². The number of benzene rings is 1. The van der Waals surface area contributed by atoms with E-state index in [9.17, 15) is 13.5 Å².